The van der Waals surface area contributed by atoms with Crippen LogP contribution in [0.1, 0.15) is 5.89 Å². The molecule has 0 radical (unpaired) electrons. The van der Waals surface area contributed by atoms with E-state index in [0.717, 1.165) is 22.6 Å². The highest BCUT2D eigenvalue weighted by Crippen LogP contribution is 2.16. The first-order chi connectivity index (χ1) is 8.74. The number of benzene rings is 1. The molecule has 0 atom stereocenters. The summed E-state index contributed by atoms with van der Waals surface area (Å²) >= 11 is 0. The standard InChI is InChI=1S/C15H15N2O/c1-16-9-7-12(8-10-16)11-15-17(2)13-5-3-4-6-14(13)18-15/h3-11H,1-2H3/q+1. The Morgan fingerprint density at radius 2 is 1.89 bits per heavy atom. The minimum absolute atomic E-state index is 0.852. The summed E-state index contributed by atoms with van der Waals surface area (Å²) in [6, 6.07) is 8.04. The Bertz CT molecular complexity index is 661. The van der Waals surface area contributed by atoms with Gasteiger partial charge in [0.05, 0.1) is 6.08 Å². The van der Waals surface area contributed by atoms with Crippen LogP contribution in [-0.2, 0) is 7.05 Å². The second-order valence-electron chi connectivity index (χ2n) is 4.41. The fourth-order valence-corrected chi connectivity index (χ4v) is 2.00. The lowest BCUT2D eigenvalue weighted by Crippen LogP contribution is -2.29. The van der Waals surface area contributed by atoms with Gasteiger partial charge in [-0.15, -0.1) is 0 Å². The number of para-hydroxylation sites is 2. The van der Waals surface area contributed by atoms with E-state index in [1.165, 1.54) is 0 Å². The van der Waals surface area contributed by atoms with Crippen LogP contribution < -0.4 is 4.57 Å². The maximum atomic E-state index is 5.83. The smallest absolute Gasteiger partial charge is 0.374 e. The highest BCUT2D eigenvalue weighted by Gasteiger charge is 2.16. The van der Waals surface area contributed by atoms with Crippen molar-refractivity contribution in [2.24, 2.45) is 7.05 Å². The van der Waals surface area contributed by atoms with E-state index in [2.05, 4.69) is 22.8 Å². The first-order valence-corrected chi connectivity index (χ1v) is 5.92. The Hall–Kier alpha value is -2.29. The number of aromatic nitrogens is 1. The number of hydrogen-bond donors (Lipinski definition) is 0. The fourth-order valence-electron chi connectivity index (χ4n) is 2.00. The van der Waals surface area contributed by atoms with Crippen LogP contribution in [0.3, 0.4) is 0 Å². The summed E-state index contributed by atoms with van der Waals surface area (Å²) in [7, 11) is 4.02. The van der Waals surface area contributed by atoms with Crippen LogP contribution in [0.4, 0.5) is 0 Å². The summed E-state index contributed by atoms with van der Waals surface area (Å²) in [5.41, 5.74) is 3.14. The first kappa shape index (κ1) is 10.8. The van der Waals surface area contributed by atoms with Crippen molar-refractivity contribution in [1.82, 2.24) is 4.90 Å². The van der Waals surface area contributed by atoms with Gasteiger partial charge in [-0.25, -0.2) is 0 Å². The lowest BCUT2D eigenvalue weighted by atomic mass is 10.2. The van der Waals surface area contributed by atoms with E-state index in [9.17, 15) is 0 Å². The molecule has 0 aliphatic carbocycles. The Kier molecular flexibility index (Phi) is 2.52. The van der Waals surface area contributed by atoms with Crippen molar-refractivity contribution >= 4 is 17.2 Å². The van der Waals surface area contributed by atoms with Crippen molar-refractivity contribution in [3.63, 3.8) is 0 Å². The molecule has 90 valence electrons. The first-order valence-electron chi connectivity index (χ1n) is 5.92. The fraction of sp³-hybridized carbons (Fsp3) is 0.133. The number of allylic oxidation sites excluding steroid dienone is 3. The average Bonchev–Trinajstić information content (AvgIpc) is 2.70. The molecule has 0 amide bonds. The van der Waals surface area contributed by atoms with Crippen molar-refractivity contribution in [3.05, 3.63) is 60.3 Å². The molecule has 0 N–H and O–H groups in total. The van der Waals surface area contributed by atoms with Gasteiger partial charge in [-0.3, -0.25) is 0 Å². The number of hydrogen-bond acceptors (Lipinski definition) is 2. The number of oxazole rings is 1. The van der Waals surface area contributed by atoms with E-state index in [4.69, 9.17) is 4.42 Å². The maximum Gasteiger partial charge on any atom is 0.374 e. The average molecular weight is 239 g/mol. The molecule has 3 heteroatoms. The molecule has 3 rings (SSSR count). The van der Waals surface area contributed by atoms with Crippen LogP contribution in [-0.4, -0.2) is 11.9 Å². The highest BCUT2D eigenvalue weighted by molar-refractivity contribution is 5.70. The van der Waals surface area contributed by atoms with E-state index < -0.39 is 0 Å². The molecule has 1 aliphatic rings. The van der Waals surface area contributed by atoms with E-state index in [-0.39, 0.29) is 0 Å². The predicted octanol–water partition coefficient (Wildman–Crippen LogP) is 2.61. The molecule has 2 heterocycles. The SMILES string of the molecule is CN1C=CC(=Cc2oc3ccccc3[n+]2C)C=C1. The second-order valence-corrected chi connectivity index (χ2v) is 4.41. The van der Waals surface area contributed by atoms with Gasteiger partial charge in [0.1, 0.15) is 7.05 Å². The molecule has 1 aromatic carbocycles. The zero-order valence-electron chi connectivity index (χ0n) is 10.5. The zero-order valence-corrected chi connectivity index (χ0v) is 10.5. The van der Waals surface area contributed by atoms with Gasteiger partial charge in [0.15, 0.2) is 0 Å². The molecular formula is C15H15N2O+. The molecule has 18 heavy (non-hydrogen) atoms. The molecule has 0 fully saturated rings. The number of fused-ring (bicyclic) bond motifs is 1. The van der Waals surface area contributed by atoms with Crippen LogP contribution in [0.25, 0.3) is 17.2 Å². The second kappa shape index (κ2) is 4.18. The molecule has 0 saturated carbocycles. The number of aryl methyl sites for hydroxylation is 1. The van der Waals surface area contributed by atoms with Crippen LogP contribution in [0, 0.1) is 0 Å². The summed E-state index contributed by atoms with van der Waals surface area (Å²) in [5, 5.41) is 0. The Labute approximate surface area is 106 Å². The molecule has 0 saturated heterocycles. The molecule has 2 aromatic rings. The summed E-state index contributed by atoms with van der Waals surface area (Å²) in [6.07, 6.45) is 10.2. The Morgan fingerprint density at radius 1 is 1.17 bits per heavy atom. The van der Waals surface area contributed by atoms with Gasteiger partial charge in [-0.2, -0.15) is 4.57 Å². The summed E-state index contributed by atoms with van der Waals surface area (Å²) in [5.74, 6) is 0.852. The van der Waals surface area contributed by atoms with Gasteiger partial charge in [-0.05, 0) is 23.8 Å². The minimum Gasteiger partial charge on any atom is -0.398 e. The van der Waals surface area contributed by atoms with Gasteiger partial charge in [-0.1, -0.05) is 12.1 Å². The molecule has 3 nitrogen and oxygen atoms in total. The summed E-state index contributed by atoms with van der Waals surface area (Å²) < 4.78 is 7.89. The van der Waals surface area contributed by atoms with Gasteiger partial charge in [0.25, 0.3) is 5.52 Å². The van der Waals surface area contributed by atoms with Crippen LogP contribution >= 0.6 is 0 Å². The Morgan fingerprint density at radius 3 is 2.61 bits per heavy atom. The molecule has 0 unspecified atom stereocenters. The number of rotatable bonds is 1. The molecule has 0 bridgehead atoms. The quantitative estimate of drug-likeness (QED) is 0.713. The van der Waals surface area contributed by atoms with Gasteiger partial charge >= 0.3 is 5.89 Å². The molecule has 1 aliphatic heterocycles. The van der Waals surface area contributed by atoms with Crippen LogP contribution in [0.5, 0.6) is 0 Å². The van der Waals surface area contributed by atoms with E-state index in [1.54, 1.807) is 0 Å². The normalized spacial score (nSPS) is 14.6. The maximum absolute atomic E-state index is 5.83. The van der Waals surface area contributed by atoms with Crippen LogP contribution in [0.15, 0.2) is 58.8 Å². The monoisotopic (exact) mass is 239 g/mol. The summed E-state index contributed by atoms with van der Waals surface area (Å²) in [4.78, 5) is 2.01. The third kappa shape index (κ3) is 1.84. The summed E-state index contributed by atoms with van der Waals surface area (Å²) in [6.45, 7) is 0. The third-order valence-corrected chi connectivity index (χ3v) is 3.07. The van der Waals surface area contributed by atoms with Crippen molar-refractivity contribution in [2.75, 3.05) is 7.05 Å². The minimum atomic E-state index is 0.852. The highest BCUT2D eigenvalue weighted by atomic mass is 16.3. The van der Waals surface area contributed by atoms with E-state index in [1.807, 2.05) is 55.7 Å². The van der Waals surface area contributed by atoms with Crippen molar-refractivity contribution in [3.8, 4) is 0 Å². The molecular weight excluding hydrogens is 224 g/mol. The lowest BCUT2D eigenvalue weighted by Gasteiger charge is -2.10. The lowest BCUT2D eigenvalue weighted by molar-refractivity contribution is -0.652. The third-order valence-electron chi connectivity index (χ3n) is 3.07. The zero-order chi connectivity index (χ0) is 12.5. The van der Waals surface area contributed by atoms with Crippen molar-refractivity contribution in [2.45, 2.75) is 0 Å². The van der Waals surface area contributed by atoms with E-state index in [0.29, 0.717) is 0 Å². The van der Waals surface area contributed by atoms with Crippen LogP contribution in [0.2, 0.25) is 0 Å². The van der Waals surface area contributed by atoms with Crippen molar-refractivity contribution in [1.29, 1.82) is 0 Å². The van der Waals surface area contributed by atoms with Gasteiger partial charge < -0.3 is 9.32 Å². The van der Waals surface area contributed by atoms with Crippen molar-refractivity contribution < 1.29 is 8.98 Å². The van der Waals surface area contributed by atoms with Gasteiger partial charge in [0, 0.05) is 25.5 Å². The molecule has 1 aromatic heterocycles. The van der Waals surface area contributed by atoms with E-state index >= 15 is 0 Å². The molecule has 0 spiro atoms. The predicted molar refractivity (Wildman–Crippen MR) is 71.4 cm³/mol. The Balaban J connectivity index is 2.06. The topological polar surface area (TPSA) is 20.3 Å². The number of nitrogens with zero attached hydrogens (tertiary/aromatic N) is 2. The largest absolute Gasteiger partial charge is 0.398 e. The van der Waals surface area contributed by atoms with Gasteiger partial charge in [0.2, 0.25) is 5.58 Å².